The lowest BCUT2D eigenvalue weighted by Crippen LogP contribution is -2.37. The summed E-state index contributed by atoms with van der Waals surface area (Å²) in [5, 5.41) is 12.5. The van der Waals surface area contributed by atoms with Gasteiger partial charge in [0.2, 0.25) is 5.95 Å². The lowest BCUT2D eigenvalue weighted by molar-refractivity contribution is -0.141. The molecule has 0 amide bonds. The van der Waals surface area contributed by atoms with Crippen LogP contribution >= 0.6 is 0 Å². The SMILES string of the molecule is O[C@H]1CCCC[C@@H]1Nc1nccc(C(F)(F)F)n1. The maximum atomic E-state index is 12.5. The van der Waals surface area contributed by atoms with Gasteiger partial charge < -0.3 is 10.4 Å². The van der Waals surface area contributed by atoms with Crippen LogP contribution in [0.3, 0.4) is 0 Å². The Kier molecular flexibility index (Phi) is 3.70. The molecule has 1 saturated carbocycles. The highest BCUT2D eigenvalue weighted by molar-refractivity contribution is 5.28. The molecule has 1 aromatic rings. The minimum Gasteiger partial charge on any atom is -0.391 e. The van der Waals surface area contributed by atoms with Crippen LogP contribution in [-0.4, -0.2) is 27.2 Å². The van der Waals surface area contributed by atoms with Crippen molar-refractivity contribution in [3.63, 3.8) is 0 Å². The van der Waals surface area contributed by atoms with Gasteiger partial charge in [-0.1, -0.05) is 12.8 Å². The van der Waals surface area contributed by atoms with Crippen LogP contribution in [0.15, 0.2) is 12.3 Å². The molecule has 7 heteroatoms. The normalized spacial score (nSPS) is 24.9. The van der Waals surface area contributed by atoms with E-state index >= 15 is 0 Å². The van der Waals surface area contributed by atoms with Crippen molar-refractivity contribution < 1.29 is 18.3 Å². The van der Waals surface area contributed by atoms with E-state index in [0.29, 0.717) is 12.8 Å². The van der Waals surface area contributed by atoms with Gasteiger partial charge >= 0.3 is 6.18 Å². The van der Waals surface area contributed by atoms with Gasteiger partial charge in [0.05, 0.1) is 12.1 Å². The van der Waals surface area contributed by atoms with Gasteiger partial charge in [0, 0.05) is 6.20 Å². The molecule has 100 valence electrons. The molecule has 18 heavy (non-hydrogen) atoms. The third-order valence-corrected chi connectivity index (χ3v) is 2.99. The number of aromatic nitrogens is 2. The monoisotopic (exact) mass is 261 g/mol. The summed E-state index contributed by atoms with van der Waals surface area (Å²) in [5.41, 5.74) is -0.981. The molecular weight excluding hydrogens is 247 g/mol. The first kappa shape index (κ1) is 13.1. The number of aliphatic hydroxyl groups is 1. The van der Waals surface area contributed by atoms with Gasteiger partial charge in [-0.05, 0) is 18.9 Å². The molecular formula is C11H14F3N3O. The minimum absolute atomic E-state index is 0.0872. The van der Waals surface area contributed by atoms with Gasteiger partial charge in [-0.3, -0.25) is 0 Å². The van der Waals surface area contributed by atoms with E-state index in [1.807, 2.05) is 0 Å². The van der Waals surface area contributed by atoms with Crippen molar-refractivity contribution in [2.24, 2.45) is 0 Å². The first-order valence-corrected chi connectivity index (χ1v) is 5.81. The van der Waals surface area contributed by atoms with Crippen LogP contribution in [0.5, 0.6) is 0 Å². The zero-order chi connectivity index (χ0) is 13.2. The highest BCUT2D eigenvalue weighted by Gasteiger charge is 2.33. The fourth-order valence-electron chi connectivity index (χ4n) is 2.03. The Morgan fingerprint density at radius 3 is 2.67 bits per heavy atom. The fraction of sp³-hybridized carbons (Fsp3) is 0.636. The van der Waals surface area contributed by atoms with Gasteiger partial charge in [0.15, 0.2) is 0 Å². The van der Waals surface area contributed by atoms with Crippen molar-refractivity contribution in [1.82, 2.24) is 9.97 Å². The Bertz CT molecular complexity index is 411. The van der Waals surface area contributed by atoms with Crippen molar-refractivity contribution in [2.45, 2.75) is 44.0 Å². The second-order valence-electron chi connectivity index (χ2n) is 4.37. The molecule has 2 rings (SSSR count). The van der Waals surface area contributed by atoms with Crippen LogP contribution in [0, 0.1) is 0 Å². The number of rotatable bonds is 2. The smallest absolute Gasteiger partial charge is 0.391 e. The summed E-state index contributed by atoms with van der Waals surface area (Å²) >= 11 is 0. The van der Waals surface area contributed by atoms with Crippen LogP contribution in [0.25, 0.3) is 0 Å². The van der Waals surface area contributed by atoms with Crippen molar-refractivity contribution in [3.8, 4) is 0 Å². The van der Waals surface area contributed by atoms with E-state index in [4.69, 9.17) is 0 Å². The van der Waals surface area contributed by atoms with E-state index in [9.17, 15) is 18.3 Å². The summed E-state index contributed by atoms with van der Waals surface area (Å²) in [6, 6.07) is 0.546. The maximum absolute atomic E-state index is 12.5. The largest absolute Gasteiger partial charge is 0.433 e. The van der Waals surface area contributed by atoms with Crippen molar-refractivity contribution in [3.05, 3.63) is 18.0 Å². The summed E-state index contributed by atoms with van der Waals surface area (Å²) in [6.07, 6.45) is -0.747. The molecule has 0 aliphatic heterocycles. The van der Waals surface area contributed by atoms with E-state index < -0.39 is 18.0 Å². The Morgan fingerprint density at radius 1 is 1.28 bits per heavy atom. The highest BCUT2D eigenvalue weighted by atomic mass is 19.4. The fourth-order valence-corrected chi connectivity index (χ4v) is 2.03. The first-order valence-electron chi connectivity index (χ1n) is 5.81. The van der Waals surface area contributed by atoms with E-state index in [-0.39, 0.29) is 12.0 Å². The van der Waals surface area contributed by atoms with E-state index in [2.05, 4.69) is 15.3 Å². The van der Waals surface area contributed by atoms with E-state index in [1.165, 1.54) is 0 Å². The molecule has 1 aliphatic carbocycles. The number of alkyl halides is 3. The maximum Gasteiger partial charge on any atom is 0.433 e. The second-order valence-corrected chi connectivity index (χ2v) is 4.37. The third kappa shape index (κ3) is 3.10. The average Bonchev–Trinajstić information content (AvgIpc) is 2.31. The number of aliphatic hydroxyl groups excluding tert-OH is 1. The lowest BCUT2D eigenvalue weighted by atomic mass is 9.93. The van der Waals surface area contributed by atoms with Gasteiger partial charge in [-0.2, -0.15) is 13.2 Å². The van der Waals surface area contributed by atoms with E-state index in [1.54, 1.807) is 0 Å². The van der Waals surface area contributed by atoms with Crippen LogP contribution in [-0.2, 0) is 6.18 Å². The van der Waals surface area contributed by atoms with Gasteiger partial charge in [0.25, 0.3) is 0 Å². The van der Waals surface area contributed by atoms with Crippen LogP contribution in [0.2, 0.25) is 0 Å². The van der Waals surface area contributed by atoms with Crippen molar-refractivity contribution in [2.75, 3.05) is 5.32 Å². The number of hydrogen-bond acceptors (Lipinski definition) is 4. The molecule has 2 N–H and O–H groups in total. The predicted molar refractivity (Wildman–Crippen MR) is 58.9 cm³/mol. The molecule has 2 atom stereocenters. The molecule has 0 radical (unpaired) electrons. The van der Waals surface area contributed by atoms with Crippen LogP contribution in [0.4, 0.5) is 19.1 Å². The average molecular weight is 261 g/mol. The Morgan fingerprint density at radius 2 is 2.00 bits per heavy atom. The van der Waals surface area contributed by atoms with Gasteiger partial charge in [0.1, 0.15) is 5.69 Å². The lowest BCUT2D eigenvalue weighted by Gasteiger charge is -2.28. The van der Waals surface area contributed by atoms with Crippen LogP contribution in [0.1, 0.15) is 31.4 Å². The zero-order valence-corrected chi connectivity index (χ0v) is 9.61. The molecule has 0 spiro atoms. The number of nitrogens with one attached hydrogen (secondary N) is 1. The predicted octanol–water partition coefficient (Wildman–Crippen LogP) is 2.21. The molecule has 0 unspecified atom stereocenters. The number of hydrogen-bond donors (Lipinski definition) is 2. The van der Waals surface area contributed by atoms with Crippen molar-refractivity contribution >= 4 is 5.95 Å². The molecule has 0 bridgehead atoms. The number of nitrogens with zero attached hydrogens (tertiary/aromatic N) is 2. The summed E-state index contributed by atoms with van der Waals surface area (Å²) in [5.74, 6) is -0.0872. The molecule has 1 heterocycles. The summed E-state index contributed by atoms with van der Waals surface area (Å²) < 4.78 is 37.4. The molecule has 1 fully saturated rings. The van der Waals surface area contributed by atoms with Crippen LogP contribution < -0.4 is 5.32 Å². The Hall–Kier alpha value is -1.37. The van der Waals surface area contributed by atoms with Gasteiger partial charge in [-0.15, -0.1) is 0 Å². The third-order valence-electron chi connectivity index (χ3n) is 2.99. The molecule has 1 aromatic heterocycles. The summed E-state index contributed by atoms with van der Waals surface area (Å²) in [6.45, 7) is 0. The summed E-state index contributed by atoms with van der Waals surface area (Å²) in [7, 11) is 0. The number of anilines is 1. The van der Waals surface area contributed by atoms with Gasteiger partial charge in [-0.25, -0.2) is 9.97 Å². The molecule has 0 saturated heterocycles. The highest BCUT2D eigenvalue weighted by Crippen LogP contribution is 2.28. The Labute approximate surface area is 102 Å². The topological polar surface area (TPSA) is 58.0 Å². The first-order chi connectivity index (χ1) is 8.47. The minimum atomic E-state index is -4.48. The zero-order valence-electron chi connectivity index (χ0n) is 9.61. The molecule has 1 aliphatic rings. The van der Waals surface area contributed by atoms with E-state index in [0.717, 1.165) is 25.1 Å². The molecule has 4 nitrogen and oxygen atoms in total. The number of halogens is 3. The molecule has 0 aromatic carbocycles. The quantitative estimate of drug-likeness (QED) is 0.857. The standard InChI is InChI=1S/C11H14F3N3O/c12-11(13,14)9-5-6-15-10(17-9)16-7-3-1-2-4-8(7)18/h5-8,18H,1-4H2,(H,15,16,17)/t7-,8-/m0/s1. The Balaban J connectivity index is 2.09. The summed E-state index contributed by atoms with van der Waals surface area (Å²) in [4.78, 5) is 7.16. The second kappa shape index (κ2) is 5.09. The van der Waals surface area contributed by atoms with Crippen molar-refractivity contribution in [1.29, 1.82) is 0 Å².